The molecule has 2 rings (SSSR count). The molecule has 1 aromatic carbocycles. The third-order valence-corrected chi connectivity index (χ3v) is 3.24. The van der Waals surface area contributed by atoms with Gasteiger partial charge in [-0.1, -0.05) is 6.07 Å². The average molecular weight is 248 g/mol. The van der Waals surface area contributed by atoms with Crippen molar-refractivity contribution in [3.63, 3.8) is 0 Å². The summed E-state index contributed by atoms with van der Waals surface area (Å²) in [7, 11) is 1.63. The summed E-state index contributed by atoms with van der Waals surface area (Å²) in [5, 5.41) is 3.30. The monoisotopic (exact) mass is 248 g/mol. The van der Waals surface area contributed by atoms with Gasteiger partial charge in [-0.25, -0.2) is 0 Å². The van der Waals surface area contributed by atoms with Crippen LogP contribution in [0.2, 0.25) is 0 Å². The highest BCUT2D eigenvalue weighted by Gasteiger charge is 2.33. The molecule has 18 heavy (non-hydrogen) atoms. The maximum absolute atomic E-state index is 12.3. The van der Waals surface area contributed by atoms with Crippen molar-refractivity contribution in [2.24, 2.45) is 0 Å². The van der Waals surface area contributed by atoms with Crippen LogP contribution in [0.15, 0.2) is 24.3 Å². The summed E-state index contributed by atoms with van der Waals surface area (Å²) in [6.07, 6.45) is 0.528. The highest BCUT2D eigenvalue weighted by atomic mass is 16.5. The first-order valence-corrected chi connectivity index (χ1v) is 6.22. The number of hydrogen-bond donors (Lipinski definition) is 1. The minimum Gasteiger partial charge on any atom is -0.497 e. The normalized spacial score (nSPS) is 19.5. The summed E-state index contributed by atoms with van der Waals surface area (Å²) in [4.78, 5) is 14.1. The van der Waals surface area contributed by atoms with Gasteiger partial charge in [0.25, 0.3) is 0 Å². The van der Waals surface area contributed by atoms with Crippen molar-refractivity contribution in [2.45, 2.75) is 25.8 Å². The topological polar surface area (TPSA) is 41.6 Å². The van der Waals surface area contributed by atoms with Crippen LogP contribution in [0, 0.1) is 0 Å². The second-order valence-electron chi connectivity index (χ2n) is 5.17. The van der Waals surface area contributed by atoms with Gasteiger partial charge < -0.3 is 15.0 Å². The van der Waals surface area contributed by atoms with Crippen LogP contribution in [0.3, 0.4) is 0 Å². The molecule has 1 saturated heterocycles. The number of carbonyl (C=O) groups excluding carboxylic acids is 1. The van der Waals surface area contributed by atoms with Gasteiger partial charge in [-0.3, -0.25) is 4.79 Å². The van der Waals surface area contributed by atoms with Crippen molar-refractivity contribution < 1.29 is 9.53 Å². The van der Waals surface area contributed by atoms with Crippen molar-refractivity contribution in [2.75, 3.05) is 25.1 Å². The fraction of sp³-hybridized carbons (Fsp3) is 0.500. The molecule has 1 N–H and O–H groups in total. The Kier molecular flexibility index (Phi) is 3.57. The fourth-order valence-corrected chi connectivity index (χ4v) is 2.36. The van der Waals surface area contributed by atoms with Gasteiger partial charge in [0, 0.05) is 31.3 Å². The van der Waals surface area contributed by atoms with E-state index in [0.717, 1.165) is 24.5 Å². The van der Waals surface area contributed by atoms with Crippen LogP contribution in [0.5, 0.6) is 5.75 Å². The van der Waals surface area contributed by atoms with Crippen LogP contribution < -0.4 is 15.0 Å². The molecule has 1 amide bonds. The number of ether oxygens (including phenoxy) is 1. The lowest BCUT2D eigenvalue weighted by molar-refractivity contribution is -0.119. The molecule has 0 aromatic heterocycles. The van der Waals surface area contributed by atoms with Gasteiger partial charge in [0.15, 0.2) is 0 Å². The second kappa shape index (κ2) is 4.98. The SMILES string of the molecule is COc1cccc(N2C(=O)CCNCC2(C)C)c1. The summed E-state index contributed by atoms with van der Waals surface area (Å²) < 4.78 is 5.23. The molecule has 0 radical (unpaired) electrons. The first-order chi connectivity index (χ1) is 8.54. The minimum absolute atomic E-state index is 0.151. The number of nitrogens with zero attached hydrogens (tertiary/aromatic N) is 1. The third-order valence-electron chi connectivity index (χ3n) is 3.24. The van der Waals surface area contributed by atoms with E-state index in [0.29, 0.717) is 6.42 Å². The number of hydrogen-bond acceptors (Lipinski definition) is 3. The molecule has 1 fully saturated rings. The maximum Gasteiger partial charge on any atom is 0.228 e. The minimum atomic E-state index is -0.236. The predicted molar refractivity (Wildman–Crippen MR) is 72.0 cm³/mol. The van der Waals surface area contributed by atoms with E-state index < -0.39 is 0 Å². The maximum atomic E-state index is 12.3. The Morgan fingerprint density at radius 1 is 1.39 bits per heavy atom. The van der Waals surface area contributed by atoms with Crippen LogP contribution in [-0.2, 0) is 4.79 Å². The number of methoxy groups -OCH3 is 1. The lowest BCUT2D eigenvalue weighted by Gasteiger charge is -2.37. The first kappa shape index (κ1) is 12.9. The molecule has 0 atom stereocenters. The summed E-state index contributed by atoms with van der Waals surface area (Å²) in [6.45, 7) is 5.67. The lowest BCUT2D eigenvalue weighted by atomic mass is 10.0. The summed E-state index contributed by atoms with van der Waals surface area (Å²) in [6, 6.07) is 7.66. The second-order valence-corrected chi connectivity index (χ2v) is 5.17. The van der Waals surface area contributed by atoms with Crippen molar-refractivity contribution in [3.8, 4) is 5.75 Å². The lowest BCUT2D eigenvalue weighted by Crippen LogP contribution is -2.51. The van der Waals surface area contributed by atoms with Gasteiger partial charge in [-0.05, 0) is 26.0 Å². The largest absolute Gasteiger partial charge is 0.497 e. The standard InChI is InChI=1S/C14H20N2O2/c1-14(2)10-15-8-7-13(17)16(14)11-5-4-6-12(9-11)18-3/h4-6,9,15H,7-8,10H2,1-3H3. The van der Waals surface area contributed by atoms with Crippen LogP contribution >= 0.6 is 0 Å². The van der Waals surface area contributed by atoms with E-state index in [1.165, 1.54) is 0 Å². The zero-order valence-electron chi connectivity index (χ0n) is 11.2. The Bertz CT molecular complexity index is 443. The van der Waals surface area contributed by atoms with E-state index in [9.17, 15) is 4.79 Å². The van der Waals surface area contributed by atoms with E-state index in [4.69, 9.17) is 4.74 Å². The Labute approximate surface area is 108 Å². The first-order valence-electron chi connectivity index (χ1n) is 6.22. The molecule has 0 spiro atoms. The highest BCUT2D eigenvalue weighted by Crippen LogP contribution is 2.28. The van der Waals surface area contributed by atoms with Crippen molar-refractivity contribution in [1.29, 1.82) is 0 Å². The van der Waals surface area contributed by atoms with E-state index in [-0.39, 0.29) is 11.4 Å². The molecule has 1 aliphatic heterocycles. The average Bonchev–Trinajstić information content (AvgIpc) is 2.47. The van der Waals surface area contributed by atoms with Gasteiger partial charge in [-0.2, -0.15) is 0 Å². The number of benzene rings is 1. The Hall–Kier alpha value is -1.55. The van der Waals surface area contributed by atoms with Crippen LogP contribution in [-0.4, -0.2) is 31.6 Å². The third kappa shape index (κ3) is 2.48. The Morgan fingerprint density at radius 3 is 2.89 bits per heavy atom. The highest BCUT2D eigenvalue weighted by molar-refractivity contribution is 5.95. The molecular formula is C14H20N2O2. The van der Waals surface area contributed by atoms with Gasteiger partial charge in [0.1, 0.15) is 5.75 Å². The summed E-state index contributed by atoms with van der Waals surface area (Å²) in [5.41, 5.74) is 0.660. The Morgan fingerprint density at radius 2 is 2.17 bits per heavy atom. The molecule has 0 bridgehead atoms. The van der Waals surface area contributed by atoms with E-state index >= 15 is 0 Å². The van der Waals surface area contributed by atoms with Gasteiger partial charge in [0.05, 0.1) is 12.6 Å². The molecule has 1 heterocycles. The van der Waals surface area contributed by atoms with E-state index in [2.05, 4.69) is 19.2 Å². The van der Waals surface area contributed by atoms with Crippen LogP contribution in [0.25, 0.3) is 0 Å². The number of nitrogens with one attached hydrogen (secondary N) is 1. The number of amides is 1. The number of carbonyl (C=O) groups is 1. The van der Waals surface area contributed by atoms with Crippen molar-refractivity contribution in [1.82, 2.24) is 5.32 Å². The van der Waals surface area contributed by atoms with Crippen LogP contribution in [0.1, 0.15) is 20.3 Å². The molecule has 0 saturated carbocycles. The molecule has 1 aliphatic rings. The molecule has 4 heteroatoms. The molecule has 4 nitrogen and oxygen atoms in total. The van der Waals surface area contributed by atoms with Crippen molar-refractivity contribution >= 4 is 11.6 Å². The summed E-state index contributed by atoms with van der Waals surface area (Å²) >= 11 is 0. The number of rotatable bonds is 2. The number of anilines is 1. The van der Waals surface area contributed by atoms with Gasteiger partial charge >= 0.3 is 0 Å². The van der Waals surface area contributed by atoms with E-state index in [1.807, 2.05) is 29.2 Å². The molecule has 1 aromatic rings. The van der Waals surface area contributed by atoms with Gasteiger partial charge in [0.2, 0.25) is 5.91 Å². The zero-order chi connectivity index (χ0) is 13.2. The van der Waals surface area contributed by atoms with Crippen LogP contribution in [0.4, 0.5) is 5.69 Å². The molecular weight excluding hydrogens is 228 g/mol. The predicted octanol–water partition coefficient (Wildman–Crippen LogP) is 1.80. The fourth-order valence-electron chi connectivity index (χ4n) is 2.36. The molecule has 98 valence electrons. The van der Waals surface area contributed by atoms with Crippen molar-refractivity contribution in [3.05, 3.63) is 24.3 Å². The molecule has 0 unspecified atom stereocenters. The summed E-state index contributed by atoms with van der Waals surface area (Å²) in [5.74, 6) is 0.923. The smallest absolute Gasteiger partial charge is 0.228 e. The quantitative estimate of drug-likeness (QED) is 0.867. The Balaban J connectivity index is 2.40. The zero-order valence-corrected chi connectivity index (χ0v) is 11.2. The molecule has 0 aliphatic carbocycles. The van der Waals surface area contributed by atoms with Gasteiger partial charge in [-0.15, -0.1) is 0 Å². The van der Waals surface area contributed by atoms with E-state index in [1.54, 1.807) is 7.11 Å².